The van der Waals surface area contributed by atoms with Crippen molar-refractivity contribution in [2.75, 3.05) is 64.1 Å². The Morgan fingerprint density at radius 1 is 0.487 bits per heavy atom. The number of piperidine rings is 1. The molecule has 0 spiro atoms. The molecule has 2 fully saturated rings. The molecule has 2 saturated heterocycles. The van der Waals surface area contributed by atoms with Gasteiger partial charge in [0.1, 0.15) is 5.54 Å². The van der Waals surface area contributed by atoms with Crippen molar-refractivity contribution in [1.82, 2.24) is 44.7 Å². The number of aliphatic imine (C=N–C) groups is 5. The quantitative estimate of drug-likeness (QED) is 0.0331. The molecule has 12 N–H and O–H groups in total. The molecule has 10 heterocycles. The second-order valence-electron chi connectivity index (χ2n) is 38.0. The SMILES string of the molecule is CN1C(=O)C(C)(c2cccc(-c3cc(Cl)ccc3CNC(=O)c3ccncc3)c2)N=C1N.CN1C(=O)C(c2ccccc2)(c2cccc(NCc3cccnc3)c2)N=C1N.CN1C(=O)[C@@H](c2ccc(N3CC(c4ccccc4)CC3=O)cc2)[C@@](C)(c2cccc(C#N)c2)N=C1N.C[C@@]1(c2ccc3sccc3c2)CC(=O)N(CCN2CCCCC2)C(N)=N1.NC1=NC(c2ccccc2)(c2ccccc2)C(=O)N1Cc1ccc(Cl)cc1Cl. The minimum absolute atomic E-state index is 0.0717. The van der Waals surface area contributed by atoms with Gasteiger partial charge in [-0.3, -0.25) is 68.0 Å². The summed E-state index contributed by atoms with van der Waals surface area (Å²) in [5, 5.41) is 20.6. The summed E-state index contributed by atoms with van der Waals surface area (Å²) in [6.07, 6.45) is 11.4. The van der Waals surface area contributed by atoms with Gasteiger partial charge in [0.15, 0.2) is 46.4 Å². The van der Waals surface area contributed by atoms with E-state index < -0.39 is 33.6 Å². The zero-order valence-electron chi connectivity index (χ0n) is 83.6. The standard InChI is InChI=1S/C29H27N5O2.C24H22ClN5O2.C22H17Cl2N3O.C22H21N5O.C20H26N4OS/c1-29(23-10-6-7-19(15-23)17-30)26(27(36)33(2)28(31)32-29)21-11-13-24(14-12-21)34-18-22(16-25(34)35)20-8-4-3-5-9-20;1-24(22(32)30(2)23(26)29-24)18-5-3-4-16(12-18)20-13-19(25)7-6-17(20)14-28-21(31)15-8-10-27-11-9-15;23-18-12-11-15(19(24)13-18)14-27-20(28)22(26-21(27)25,16-7-3-1-4-8-16)17-9-5-2-6-10-17;1-27-20(28)22(26-21(27)23,17-8-3-2-4-9-17)18-10-5-11-19(13-18)25-15-16-7-6-12-24-14-16;1-20(16-5-6-17-15(13-16)7-12-26-17)14-18(25)24(19(21)22-20)11-10-23-8-3-2-4-9-23/h3-15,22,26H,16,18H2,1-2H3,(H2,31,32);3-13H,14H2,1-2H3,(H2,26,29)(H,28,31);1-13H,14H2,(H2,25,26);2-14,25H,15H2,1H3,(H2,23,26);5-7,12-13H,2-4,8-11,14H2,1H3,(H2,21,22)/t22?,26-,29-;;;;20-/m1...0/s1. The number of carbonyl (C=O) groups is 7. The van der Waals surface area contributed by atoms with Crippen LogP contribution in [0.1, 0.15) is 147 Å². The minimum Gasteiger partial charge on any atom is -0.381 e. The molecule has 0 bridgehead atoms. The molecule has 14 aromatic rings. The number of likely N-dealkylation sites (N-methyl/N-ethyl adjacent to an activating group) is 3. The van der Waals surface area contributed by atoms with Crippen molar-refractivity contribution in [1.29, 1.82) is 5.26 Å². The van der Waals surface area contributed by atoms with Gasteiger partial charge in [0, 0.05) is 128 Å². The Kier molecular flexibility index (Phi) is 31.7. The second-order valence-corrected chi connectivity index (χ2v) is 40.3. The fourth-order valence-electron chi connectivity index (χ4n) is 19.9. The van der Waals surface area contributed by atoms with Crippen molar-refractivity contribution in [3.05, 3.63) is 426 Å². The van der Waals surface area contributed by atoms with Crippen LogP contribution in [0, 0.1) is 11.3 Å². The molecule has 0 radical (unpaired) electrons. The van der Waals surface area contributed by atoms with E-state index in [1.807, 2.05) is 237 Å². The normalized spacial score (nSPS) is 20.3. The molecule has 33 heteroatoms. The molecule has 0 aliphatic carbocycles. The third-order valence-electron chi connectivity index (χ3n) is 28.3. The van der Waals surface area contributed by atoms with E-state index in [0.717, 1.165) is 109 Å². The van der Waals surface area contributed by atoms with Crippen LogP contribution in [-0.2, 0) is 76.1 Å². The average molecular weight is 2080 g/mol. The minimum atomic E-state index is -1.22. The number of nitrogens with two attached hydrogens (primary N) is 5. The number of benzene rings is 11. The molecule has 11 aromatic carbocycles. The van der Waals surface area contributed by atoms with Crippen molar-refractivity contribution < 1.29 is 33.6 Å². The van der Waals surface area contributed by atoms with E-state index in [4.69, 9.17) is 73.5 Å². The van der Waals surface area contributed by atoms with Gasteiger partial charge in [-0.25, -0.2) is 25.0 Å². The highest BCUT2D eigenvalue weighted by atomic mass is 35.5. The molecular weight excluding hydrogens is 1960 g/mol. The summed E-state index contributed by atoms with van der Waals surface area (Å²) in [6.45, 7) is 11.2. The molecule has 0 saturated carbocycles. The largest absolute Gasteiger partial charge is 0.381 e. The zero-order valence-corrected chi connectivity index (χ0v) is 86.7. The van der Waals surface area contributed by atoms with Crippen LogP contribution in [0.5, 0.6) is 0 Å². The fraction of sp³-hybridized carbons (Fsp3) is 0.222. The smallest absolute Gasteiger partial charge is 0.266 e. The van der Waals surface area contributed by atoms with Crippen LogP contribution in [0.2, 0.25) is 15.1 Å². The maximum atomic E-state index is 13.7. The third kappa shape index (κ3) is 22.2. The van der Waals surface area contributed by atoms with Gasteiger partial charge >= 0.3 is 0 Å². The van der Waals surface area contributed by atoms with Crippen LogP contribution in [0.25, 0.3) is 21.2 Å². The van der Waals surface area contributed by atoms with Crippen molar-refractivity contribution in [3.8, 4) is 17.2 Å². The Morgan fingerprint density at radius 2 is 1.09 bits per heavy atom. The fourth-order valence-corrected chi connectivity index (χ4v) is 21.3. The summed E-state index contributed by atoms with van der Waals surface area (Å²) in [6, 6.07) is 97.0. The highest BCUT2D eigenvalue weighted by Crippen LogP contribution is 2.48. The van der Waals surface area contributed by atoms with E-state index in [2.05, 4.69) is 88.3 Å². The van der Waals surface area contributed by atoms with E-state index >= 15 is 0 Å². The summed E-state index contributed by atoms with van der Waals surface area (Å²) < 4.78 is 1.25. The maximum Gasteiger partial charge on any atom is 0.266 e. The molecule has 21 rings (SSSR count). The lowest BCUT2D eigenvalue weighted by molar-refractivity contribution is -0.131. The molecular formula is C117H113Cl3N22O7S. The van der Waals surface area contributed by atoms with Crippen molar-refractivity contribution in [3.63, 3.8) is 0 Å². The lowest BCUT2D eigenvalue weighted by Crippen LogP contribution is -2.52. The number of fused-ring (bicyclic) bond motifs is 1. The number of anilines is 2. The van der Waals surface area contributed by atoms with Crippen LogP contribution < -0.4 is 44.2 Å². The molecule has 3 unspecified atom stereocenters. The Labute approximate surface area is 889 Å². The number of likely N-dealkylation sites (tertiary alicyclic amines) is 1. The van der Waals surface area contributed by atoms with Gasteiger partial charge in [0.05, 0.1) is 36.1 Å². The van der Waals surface area contributed by atoms with Crippen molar-refractivity contribution in [2.45, 2.75) is 112 Å². The number of amides is 7. The predicted octanol–water partition coefficient (Wildman–Crippen LogP) is 17.7. The molecule has 29 nitrogen and oxygen atoms in total. The average Bonchev–Trinajstić information content (AvgIpc) is 1.53. The van der Waals surface area contributed by atoms with Gasteiger partial charge in [-0.05, 0) is 238 Å². The summed E-state index contributed by atoms with van der Waals surface area (Å²) in [4.78, 5) is 134. The van der Waals surface area contributed by atoms with Gasteiger partial charge in [0.2, 0.25) is 17.7 Å². The molecule has 7 aliphatic heterocycles. The lowest BCUT2D eigenvalue weighted by atomic mass is 9.74. The van der Waals surface area contributed by atoms with Gasteiger partial charge in [-0.15, -0.1) is 11.3 Å². The first-order valence-electron chi connectivity index (χ1n) is 49.1. The number of guanidine groups is 5. The van der Waals surface area contributed by atoms with Crippen LogP contribution >= 0.6 is 46.1 Å². The number of hydrogen-bond donors (Lipinski definition) is 7. The highest BCUT2D eigenvalue weighted by Gasteiger charge is 2.53. The number of nitrogens with one attached hydrogen (secondary N) is 2. The number of rotatable bonds is 22. The first-order valence-corrected chi connectivity index (χ1v) is 51.1. The Balaban J connectivity index is 0.000000128. The first kappa shape index (κ1) is 105. The molecule has 760 valence electrons. The van der Waals surface area contributed by atoms with E-state index in [1.165, 1.54) is 48.9 Å². The van der Waals surface area contributed by atoms with Gasteiger partial charge < -0.3 is 49.1 Å². The summed E-state index contributed by atoms with van der Waals surface area (Å²) >= 11 is 20.3. The number of halogens is 3. The number of nitriles is 1. The number of aromatic nitrogens is 2. The Hall–Kier alpha value is -16.6. The van der Waals surface area contributed by atoms with Gasteiger partial charge in [-0.2, -0.15) is 5.26 Å². The maximum absolute atomic E-state index is 13.7. The summed E-state index contributed by atoms with van der Waals surface area (Å²) in [7, 11) is 4.87. The van der Waals surface area contributed by atoms with Gasteiger partial charge in [-0.1, -0.05) is 241 Å². The lowest BCUT2D eigenvalue weighted by Gasteiger charge is -2.41. The number of pyridine rings is 2. The molecule has 150 heavy (non-hydrogen) atoms. The summed E-state index contributed by atoms with van der Waals surface area (Å²) in [5.41, 5.74) is 40.1. The van der Waals surface area contributed by atoms with E-state index in [0.29, 0.717) is 71.2 Å². The second kappa shape index (κ2) is 45.4. The highest BCUT2D eigenvalue weighted by molar-refractivity contribution is 7.17. The van der Waals surface area contributed by atoms with Gasteiger partial charge in [0.25, 0.3) is 23.6 Å². The number of carbonyl (C=O) groups excluding carboxylic acids is 7. The molecule has 7 aliphatic rings. The van der Waals surface area contributed by atoms with E-state index in [-0.39, 0.29) is 77.7 Å². The number of nitrogens with zero attached hydrogens (tertiary/aromatic N) is 15. The van der Waals surface area contributed by atoms with Crippen LogP contribution in [0.4, 0.5) is 11.4 Å². The summed E-state index contributed by atoms with van der Waals surface area (Å²) in [5.74, 6) is -0.250. The third-order valence-corrected chi connectivity index (χ3v) is 30.0. The zero-order chi connectivity index (χ0) is 106. The van der Waals surface area contributed by atoms with Crippen molar-refractivity contribution in [2.24, 2.45) is 53.6 Å². The predicted molar refractivity (Wildman–Crippen MR) is 592 cm³/mol. The molecule has 3 aromatic heterocycles. The Bertz CT molecular complexity index is 7550. The topological polar surface area (TPSA) is 408 Å². The molecule has 7 amide bonds. The van der Waals surface area contributed by atoms with E-state index in [9.17, 15) is 38.8 Å². The number of thiophene rings is 1. The molecule has 6 atom stereocenters. The van der Waals surface area contributed by atoms with Crippen LogP contribution in [-0.4, -0.2) is 164 Å². The monoisotopic (exact) mass is 2070 g/mol. The van der Waals surface area contributed by atoms with E-state index in [1.54, 1.807) is 117 Å². The number of hydrogen-bond acceptors (Lipinski definition) is 23. The Morgan fingerprint density at radius 3 is 1.72 bits per heavy atom. The van der Waals surface area contributed by atoms with Crippen LogP contribution in [0.3, 0.4) is 0 Å². The first-order chi connectivity index (χ1) is 72.3. The van der Waals surface area contributed by atoms with Crippen LogP contribution in [0.15, 0.2) is 358 Å². The van der Waals surface area contributed by atoms with Crippen molar-refractivity contribution >= 4 is 139 Å².